The summed E-state index contributed by atoms with van der Waals surface area (Å²) >= 11 is 0. The highest BCUT2D eigenvalue weighted by molar-refractivity contribution is 7.90. The van der Waals surface area contributed by atoms with E-state index in [0.29, 0.717) is 13.1 Å². The van der Waals surface area contributed by atoms with Gasteiger partial charge in [0.2, 0.25) is 15.9 Å². The molecule has 23 heavy (non-hydrogen) atoms. The van der Waals surface area contributed by atoms with Crippen LogP contribution in [0.15, 0.2) is 0 Å². The fourth-order valence-corrected chi connectivity index (χ4v) is 3.38. The number of piperazine rings is 1. The van der Waals surface area contributed by atoms with E-state index in [2.05, 4.69) is 5.32 Å². The van der Waals surface area contributed by atoms with Crippen LogP contribution in [0, 0.1) is 0 Å². The Hall–Kier alpha value is -0.910. The highest BCUT2D eigenvalue weighted by Crippen LogP contribution is 2.25. The lowest BCUT2D eigenvalue weighted by Gasteiger charge is -2.36. The zero-order valence-corrected chi connectivity index (χ0v) is 14.2. The number of alkyl halides is 3. The number of hydrogen-bond donors (Lipinski definition) is 2. The molecule has 0 radical (unpaired) electrons. The van der Waals surface area contributed by atoms with Gasteiger partial charge in [0.15, 0.2) is 5.25 Å². The second-order valence-electron chi connectivity index (χ2n) is 5.61. The predicted molar refractivity (Wildman–Crippen MR) is 79.4 cm³/mol. The summed E-state index contributed by atoms with van der Waals surface area (Å²) in [5, 5.41) is 1.49. The van der Waals surface area contributed by atoms with Crippen molar-refractivity contribution >= 4 is 15.9 Å². The van der Waals surface area contributed by atoms with Crippen LogP contribution in [0.2, 0.25) is 0 Å². The van der Waals surface area contributed by atoms with Crippen molar-refractivity contribution in [2.24, 2.45) is 0 Å². The highest BCUT2D eigenvalue weighted by Gasteiger charge is 2.44. The number of carbonyl (C=O) groups excluding carboxylic acids is 1. The minimum atomic E-state index is -4.56. The average Bonchev–Trinajstić information content (AvgIpc) is 2.45. The largest absolute Gasteiger partial charge is 0.405 e. The van der Waals surface area contributed by atoms with E-state index >= 15 is 0 Å². The quantitative estimate of drug-likeness (QED) is 0.649. The Kier molecular flexibility index (Phi) is 6.81. The van der Waals surface area contributed by atoms with Gasteiger partial charge in [0.1, 0.15) is 6.04 Å². The van der Waals surface area contributed by atoms with Crippen LogP contribution in [-0.2, 0) is 14.8 Å². The van der Waals surface area contributed by atoms with Gasteiger partial charge in [-0.25, -0.2) is 13.1 Å². The smallest absolute Gasteiger partial charge is 0.348 e. The zero-order valence-electron chi connectivity index (χ0n) is 13.4. The van der Waals surface area contributed by atoms with E-state index in [4.69, 9.17) is 0 Å². The topological polar surface area (TPSA) is 81.8 Å². The van der Waals surface area contributed by atoms with E-state index < -0.39 is 39.9 Å². The molecule has 1 aliphatic heterocycles. The molecular formula is C12H23F3N4O3S. The van der Waals surface area contributed by atoms with E-state index in [0.717, 1.165) is 11.8 Å². The van der Waals surface area contributed by atoms with Gasteiger partial charge in [0.25, 0.3) is 0 Å². The van der Waals surface area contributed by atoms with Crippen LogP contribution in [0.4, 0.5) is 13.2 Å². The van der Waals surface area contributed by atoms with Crippen molar-refractivity contribution < 1.29 is 26.4 Å². The minimum absolute atomic E-state index is 0.179. The van der Waals surface area contributed by atoms with Crippen LogP contribution < -0.4 is 10.0 Å². The number of halogens is 3. The number of rotatable bonds is 6. The standard InChI is InChI=1S/C12H23F3N4O3S/c1-9(11(20)18(2)3)23(21,22)17-8-10(12(13,14)15)19-6-4-16-5-7-19/h9-10,16-17H,4-8H2,1-3H3. The van der Waals surface area contributed by atoms with Gasteiger partial charge in [-0.05, 0) is 6.92 Å². The van der Waals surface area contributed by atoms with Gasteiger partial charge in [0.05, 0.1) is 0 Å². The Labute approximate surface area is 134 Å². The molecule has 0 aromatic heterocycles. The molecule has 1 rings (SSSR count). The Balaban J connectivity index is 2.79. The lowest BCUT2D eigenvalue weighted by Crippen LogP contribution is -2.58. The van der Waals surface area contributed by atoms with Crippen molar-refractivity contribution in [3.63, 3.8) is 0 Å². The third-order valence-corrected chi connectivity index (χ3v) is 5.40. The highest BCUT2D eigenvalue weighted by atomic mass is 32.2. The van der Waals surface area contributed by atoms with Crippen LogP contribution in [0.1, 0.15) is 6.92 Å². The van der Waals surface area contributed by atoms with E-state index in [1.54, 1.807) is 0 Å². The molecule has 136 valence electrons. The first-order valence-electron chi connectivity index (χ1n) is 7.18. The molecule has 0 bridgehead atoms. The molecular weight excluding hydrogens is 337 g/mol. The molecule has 11 heteroatoms. The third kappa shape index (κ3) is 5.59. The number of nitrogens with one attached hydrogen (secondary N) is 2. The SMILES string of the molecule is CC(C(=O)N(C)C)S(=O)(=O)NCC(N1CCNCC1)C(F)(F)F. The molecule has 0 aromatic carbocycles. The zero-order chi connectivity index (χ0) is 17.8. The summed E-state index contributed by atoms with van der Waals surface area (Å²) in [5.74, 6) is -0.691. The molecule has 0 spiro atoms. The minimum Gasteiger partial charge on any atom is -0.348 e. The van der Waals surface area contributed by atoms with Crippen molar-refractivity contribution in [2.45, 2.75) is 24.4 Å². The Morgan fingerprint density at radius 1 is 1.30 bits per heavy atom. The second kappa shape index (κ2) is 7.77. The molecule has 1 heterocycles. The van der Waals surface area contributed by atoms with Crippen LogP contribution in [0.3, 0.4) is 0 Å². The molecule has 2 N–H and O–H groups in total. The van der Waals surface area contributed by atoms with Gasteiger partial charge in [-0.1, -0.05) is 0 Å². The van der Waals surface area contributed by atoms with Crippen LogP contribution in [0.25, 0.3) is 0 Å². The monoisotopic (exact) mass is 360 g/mol. The lowest BCUT2D eigenvalue weighted by atomic mass is 10.2. The van der Waals surface area contributed by atoms with Crippen molar-refractivity contribution in [3.8, 4) is 0 Å². The van der Waals surface area contributed by atoms with Crippen molar-refractivity contribution in [3.05, 3.63) is 0 Å². The maximum Gasteiger partial charge on any atom is 0.405 e. The van der Waals surface area contributed by atoms with Crippen molar-refractivity contribution in [1.29, 1.82) is 0 Å². The maximum atomic E-state index is 13.2. The fraction of sp³-hybridized carbons (Fsp3) is 0.917. The van der Waals surface area contributed by atoms with Gasteiger partial charge >= 0.3 is 6.18 Å². The summed E-state index contributed by atoms with van der Waals surface area (Å²) in [6.07, 6.45) is -4.56. The molecule has 2 unspecified atom stereocenters. The van der Waals surface area contributed by atoms with Gasteiger partial charge in [-0.15, -0.1) is 0 Å². The van der Waals surface area contributed by atoms with E-state index in [1.165, 1.54) is 19.0 Å². The Morgan fingerprint density at radius 3 is 2.26 bits per heavy atom. The second-order valence-corrected chi connectivity index (χ2v) is 7.70. The number of hydrogen-bond acceptors (Lipinski definition) is 5. The summed E-state index contributed by atoms with van der Waals surface area (Å²) < 4.78 is 65.6. The summed E-state index contributed by atoms with van der Waals surface area (Å²) in [6, 6.07) is -1.92. The number of sulfonamides is 1. The lowest BCUT2D eigenvalue weighted by molar-refractivity contribution is -0.182. The van der Waals surface area contributed by atoms with Crippen LogP contribution in [0.5, 0.6) is 0 Å². The molecule has 0 aliphatic carbocycles. The first-order valence-corrected chi connectivity index (χ1v) is 8.72. The Morgan fingerprint density at radius 2 is 1.83 bits per heavy atom. The van der Waals surface area contributed by atoms with E-state index in [9.17, 15) is 26.4 Å². The predicted octanol–water partition coefficient (Wildman–Crippen LogP) is -0.781. The number of nitrogens with zero attached hydrogens (tertiary/aromatic N) is 2. The van der Waals surface area contributed by atoms with Gasteiger partial charge in [-0.3, -0.25) is 9.69 Å². The molecule has 1 saturated heterocycles. The Bertz CT molecular complexity index is 504. The normalized spacial score (nSPS) is 20.1. The maximum absolute atomic E-state index is 13.2. The number of amides is 1. The van der Waals surface area contributed by atoms with Gasteiger partial charge in [0, 0.05) is 46.8 Å². The van der Waals surface area contributed by atoms with E-state index in [1.807, 2.05) is 4.72 Å². The molecule has 1 fully saturated rings. The first-order chi connectivity index (χ1) is 10.5. The van der Waals surface area contributed by atoms with Gasteiger partial charge in [-0.2, -0.15) is 13.2 Å². The molecule has 1 amide bonds. The molecule has 2 atom stereocenters. The molecule has 0 saturated carbocycles. The first kappa shape index (κ1) is 20.1. The fourth-order valence-electron chi connectivity index (χ4n) is 2.26. The summed E-state index contributed by atoms with van der Waals surface area (Å²) in [5.41, 5.74) is 0. The summed E-state index contributed by atoms with van der Waals surface area (Å²) in [4.78, 5) is 14.0. The third-order valence-electron chi connectivity index (χ3n) is 3.70. The van der Waals surface area contributed by atoms with Gasteiger partial charge < -0.3 is 10.2 Å². The van der Waals surface area contributed by atoms with E-state index in [-0.39, 0.29) is 13.1 Å². The van der Waals surface area contributed by atoms with Crippen LogP contribution in [-0.4, -0.2) is 88.4 Å². The molecule has 0 aromatic rings. The summed E-state index contributed by atoms with van der Waals surface area (Å²) in [7, 11) is -1.42. The number of carbonyl (C=O) groups is 1. The van der Waals surface area contributed by atoms with Crippen LogP contribution >= 0.6 is 0 Å². The summed E-state index contributed by atoms with van der Waals surface area (Å²) in [6.45, 7) is 1.52. The molecule has 7 nitrogen and oxygen atoms in total. The average molecular weight is 360 g/mol. The van der Waals surface area contributed by atoms with Crippen molar-refractivity contribution in [1.82, 2.24) is 19.8 Å². The van der Waals surface area contributed by atoms with Crippen molar-refractivity contribution in [2.75, 3.05) is 46.8 Å². The molecule has 1 aliphatic rings.